The maximum atomic E-state index is 11.6. The van der Waals surface area contributed by atoms with Gasteiger partial charge in [-0.15, -0.1) is 0 Å². The molecule has 0 saturated heterocycles. The zero-order valence-corrected chi connectivity index (χ0v) is 27.3. The van der Waals surface area contributed by atoms with Crippen LogP contribution < -0.4 is 0 Å². The normalized spacial score (nSPS) is 16.0. The highest BCUT2D eigenvalue weighted by molar-refractivity contribution is 5.29. The Morgan fingerprint density at radius 1 is 0.488 bits per heavy atom. The minimum atomic E-state index is -1.26. The number of benzene rings is 2. The van der Waals surface area contributed by atoms with Crippen molar-refractivity contribution in [1.29, 1.82) is 0 Å². The number of hydrogen-bond acceptors (Lipinski definition) is 5. The monoisotopic (exact) mass is 598 g/mol. The van der Waals surface area contributed by atoms with E-state index < -0.39 is 36.6 Å². The molecule has 0 heterocycles. The summed E-state index contributed by atoms with van der Waals surface area (Å²) < 4.78 is 7.20. The molecule has 0 aliphatic carbocycles. The van der Waals surface area contributed by atoms with Gasteiger partial charge in [-0.1, -0.05) is 177 Å². The Morgan fingerprint density at radius 2 is 0.791 bits per heavy atom. The van der Waals surface area contributed by atoms with E-state index in [0.717, 1.165) is 49.7 Å². The molecule has 0 fully saturated rings. The standard InChI is InChI=1S/C38H62O5/c1-3-5-7-9-11-13-15-23-29-37(35(41)31-39,33-25-19-17-20-26-33)43-38(36(42)32-40,34-27-21-18-22-28-34)30-24-16-14-12-10-8-6-4-2/h17-22,25-28,35-36,39-42H,3-16,23-24,29-32H2,1-2H3. The summed E-state index contributed by atoms with van der Waals surface area (Å²) in [7, 11) is 0. The fourth-order valence-corrected chi connectivity index (χ4v) is 6.47. The van der Waals surface area contributed by atoms with Gasteiger partial charge in [0, 0.05) is 0 Å². The predicted octanol–water partition coefficient (Wildman–Crippen LogP) is 8.56. The fourth-order valence-electron chi connectivity index (χ4n) is 6.47. The van der Waals surface area contributed by atoms with Gasteiger partial charge < -0.3 is 25.2 Å². The van der Waals surface area contributed by atoms with E-state index in [2.05, 4.69) is 13.8 Å². The second-order valence-corrected chi connectivity index (χ2v) is 12.5. The van der Waals surface area contributed by atoms with Crippen LogP contribution >= 0.6 is 0 Å². The van der Waals surface area contributed by atoms with Gasteiger partial charge in [-0.05, 0) is 24.0 Å². The third-order valence-electron chi connectivity index (χ3n) is 9.11. The second kappa shape index (κ2) is 21.9. The van der Waals surface area contributed by atoms with Gasteiger partial charge in [0.05, 0.1) is 13.2 Å². The van der Waals surface area contributed by atoms with Gasteiger partial charge in [-0.25, -0.2) is 0 Å². The van der Waals surface area contributed by atoms with E-state index in [1.807, 2.05) is 60.7 Å². The molecule has 0 saturated carbocycles. The van der Waals surface area contributed by atoms with Crippen molar-refractivity contribution >= 4 is 0 Å². The van der Waals surface area contributed by atoms with Crippen molar-refractivity contribution in [3.8, 4) is 0 Å². The summed E-state index contributed by atoms with van der Waals surface area (Å²) in [5, 5.41) is 44.0. The smallest absolute Gasteiger partial charge is 0.122 e. The van der Waals surface area contributed by atoms with Crippen molar-refractivity contribution in [3.05, 3.63) is 71.8 Å². The lowest BCUT2D eigenvalue weighted by molar-refractivity contribution is -0.260. The van der Waals surface area contributed by atoms with Crippen LogP contribution in [-0.2, 0) is 15.9 Å². The number of aliphatic hydroxyl groups excluding tert-OH is 4. The van der Waals surface area contributed by atoms with Crippen LogP contribution in [0.1, 0.15) is 141 Å². The molecule has 5 heteroatoms. The van der Waals surface area contributed by atoms with E-state index in [1.165, 1.54) is 64.2 Å². The van der Waals surface area contributed by atoms with Crippen LogP contribution in [0.15, 0.2) is 60.7 Å². The number of unbranched alkanes of at least 4 members (excludes halogenated alkanes) is 14. The first-order valence-electron chi connectivity index (χ1n) is 17.4. The van der Waals surface area contributed by atoms with Crippen molar-refractivity contribution < 1.29 is 25.2 Å². The molecule has 0 aliphatic heterocycles. The lowest BCUT2D eigenvalue weighted by Crippen LogP contribution is -2.55. The van der Waals surface area contributed by atoms with Gasteiger partial charge in [0.2, 0.25) is 0 Å². The Labute approximate surface area is 262 Å². The largest absolute Gasteiger partial charge is 0.394 e. The molecular weight excluding hydrogens is 536 g/mol. The van der Waals surface area contributed by atoms with Crippen molar-refractivity contribution in [2.24, 2.45) is 0 Å². The average molecular weight is 599 g/mol. The molecule has 0 spiro atoms. The SMILES string of the molecule is CCCCCCCCCCC(OC(CCCCCCCCCC)(c1ccccc1)C(O)CO)(c1ccccc1)C(O)CO. The van der Waals surface area contributed by atoms with Crippen molar-refractivity contribution in [2.45, 2.75) is 153 Å². The molecule has 2 rings (SSSR count). The van der Waals surface area contributed by atoms with Crippen LogP contribution in [0, 0.1) is 0 Å². The third-order valence-corrected chi connectivity index (χ3v) is 9.11. The van der Waals surface area contributed by atoms with Crippen LogP contribution in [-0.4, -0.2) is 45.8 Å². The summed E-state index contributed by atoms with van der Waals surface area (Å²) in [6.07, 6.45) is 16.9. The molecule has 0 bridgehead atoms. The average Bonchev–Trinajstić information content (AvgIpc) is 3.05. The maximum Gasteiger partial charge on any atom is 0.122 e. The number of rotatable bonds is 26. The third kappa shape index (κ3) is 11.9. The molecule has 4 atom stereocenters. The van der Waals surface area contributed by atoms with Crippen LogP contribution in [0.4, 0.5) is 0 Å². The lowest BCUT2D eigenvalue weighted by atomic mass is 9.78. The zero-order chi connectivity index (χ0) is 31.2. The molecule has 0 amide bonds. The van der Waals surface area contributed by atoms with Crippen molar-refractivity contribution in [2.75, 3.05) is 13.2 Å². The van der Waals surface area contributed by atoms with Crippen LogP contribution in [0.3, 0.4) is 0 Å². The maximum absolute atomic E-state index is 11.6. The second-order valence-electron chi connectivity index (χ2n) is 12.5. The first-order valence-corrected chi connectivity index (χ1v) is 17.4. The lowest BCUT2D eigenvalue weighted by Gasteiger charge is -2.48. The van der Waals surface area contributed by atoms with Gasteiger partial charge >= 0.3 is 0 Å². The molecule has 5 nitrogen and oxygen atoms in total. The van der Waals surface area contributed by atoms with Crippen molar-refractivity contribution in [3.63, 3.8) is 0 Å². The molecule has 0 radical (unpaired) electrons. The van der Waals surface area contributed by atoms with Crippen LogP contribution in [0.25, 0.3) is 0 Å². The van der Waals surface area contributed by atoms with Gasteiger partial charge in [-0.2, -0.15) is 0 Å². The molecule has 2 aromatic carbocycles. The van der Waals surface area contributed by atoms with E-state index in [-0.39, 0.29) is 0 Å². The van der Waals surface area contributed by atoms with Gasteiger partial charge in [0.1, 0.15) is 23.4 Å². The molecule has 4 N–H and O–H groups in total. The van der Waals surface area contributed by atoms with Crippen LogP contribution in [0.2, 0.25) is 0 Å². The number of hydrogen-bond donors (Lipinski definition) is 4. The summed E-state index contributed by atoms with van der Waals surface area (Å²) in [6, 6.07) is 19.4. The Kier molecular flexibility index (Phi) is 19.0. The summed E-state index contributed by atoms with van der Waals surface area (Å²) in [4.78, 5) is 0. The Morgan fingerprint density at radius 3 is 1.09 bits per heavy atom. The Bertz CT molecular complexity index is 847. The predicted molar refractivity (Wildman–Crippen MR) is 178 cm³/mol. The zero-order valence-electron chi connectivity index (χ0n) is 27.3. The minimum Gasteiger partial charge on any atom is -0.394 e. The summed E-state index contributed by atoms with van der Waals surface area (Å²) >= 11 is 0. The quantitative estimate of drug-likeness (QED) is 0.0815. The molecule has 2 aromatic rings. The number of ether oxygens (including phenoxy) is 1. The molecule has 244 valence electrons. The molecule has 0 aromatic heterocycles. The van der Waals surface area contributed by atoms with E-state index in [4.69, 9.17) is 4.74 Å². The van der Waals surface area contributed by atoms with Gasteiger partial charge in [-0.3, -0.25) is 0 Å². The summed E-state index contributed by atoms with van der Waals surface area (Å²) in [5.74, 6) is 0. The fraction of sp³-hybridized carbons (Fsp3) is 0.684. The van der Waals surface area contributed by atoms with E-state index in [9.17, 15) is 20.4 Å². The van der Waals surface area contributed by atoms with E-state index in [0.29, 0.717) is 12.8 Å². The topological polar surface area (TPSA) is 90.2 Å². The highest BCUT2D eigenvalue weighted by Crippen LogP contribution is 2.46. The summed E-state index contributed by atoms with van der Waals surface area (Å²) in [6.45, 7) is 3.52. The molecular formula is C38H62O5. The number of aliphatic hydroxyl groups is 4. The summed E-state index contributed by atoms with van der Waals surface area (Å²) in [5.41, 5.74) is -0.962. The Hall–Kier alpha value is -1.76. The molecule has 4 unspecified atom stereocenters. The Balaban J connectivity index is 2.40. The van der Waals surface area contributed by atoms with Gasteiger partial charge in [0.15, 0.2) is 0 Å². The highest BCUT2D eigenvalue weighted by Gasteiger charge is 2.51. The first-order chi connectivity index (χ1) is 21.0. The van der Waals surface area contributed by atoms with Crippen molar-refractivity contribution in [1.82, 2.24) is 0 Å². The molecule has 0 aliphatic rings. The molecule has 43 heavy (non-hydrogen) atoms. The minimum absolute atomic E-state index is 0.468. The van der Waals surface area contributed by atoms with E-state index in [1.54, 1.807) is 0 Å². The first kappa shape index (κ1) is 37.4. The van der Waals surface area contributed by atoms with Gasteiger partial charge in [0.25, 0.3) is 0 Å². The highest BCUT2D eigenvalue weighted by atomic mass is 16.6. The van der Waals surface area contributed by atoms with E-state index >= 15 is 0 Å². The van der Waals surface area contributed by atoms with Crippen LogP contribution in [0.5, 0.6) is 0 Å².